The van der Waals surface area contributed by atoms with Gasteiger partial charge in [-0.15, -0.1) is 0 Å². The number of ether oxygens (including phenoxy) is 1. The van der Waals surface area contributed by atoms with E-state index in [1.807, 2.05) is 0 Å². The molecule has 4 heteroatoms. The molecule has 0 aromatic heterocycles. The summed E-state index contributed by atoms with van der Waals surface area (Å²) in [6, 6.07) is 0. The van der Waals surface area contributed by atoms with Gasteiger partial charge in [-0.05, 0) is 19.4 Å². The van der Waals surface area contributed by atoms with Gasteiger partial charge in [0.05, 0.1) is 12.7 Å². The van der Waals surface area contributed by atoms with Crippen molar-refractivity contribution in [3.63, 3.8) is 0 Å². The molecule has 0 amide bonds. The molecule has 0 spiro atoms. The third-order valence-electron chi connectivity index (χ3n) is 1.54. The summed E-state index contributed by atoms with van der Waals surface area (Å²) in [6.07, 6.45) is 1.43. The molecule has 1 atom stereocenters. The number of nitrogens with one attached hydrogen (secondary N) is 1. The first-order valence-corrected chi connectivity index (χ1v) is 4.29. The van der Waals surface area contributed by atoms with Crippen molar-refractivity contribution in [3.05, 3.63) is 0 Å². The first kappa shape index (κ1) is 11.8. The van der Waals surface area contributed by atoms with Gasteiger partial charge < -0.3 is 20.3 Å². The van der Waals surface area contributed by atoms with Gasteiger partial charge in [-0.25, -0.2) is 0 Å². The molecule has 0 aromatic rings. The molecule has 0 fully saturated rings. The van der Waals surface area contributed by atoms with Gasteiger partial charge in [-0.2, -0.15) is 0 Å². The highest BCUT2D eigenvalue weighted by molar-refractivity contribution is 4.56. The standard InChI is InChI=1S/C8H19NO3/c1-12-5-3-2-4-9-6-8(11)7-10/h8-11H,2-7H2,1H3. The molecule has 3 N–H and O–H groups in total. The van der Waals surface area contributed by atoms with Gasteiger partial charge in [0.15, 0.2) is 0 Å². The van der Waals surface area contributed by atoms with Crippen LogP contribution in [0.5, 0.6) is 0 Å². The fourth-order valence-electron chi connectivity index (χ4n) is 0.830. The fourth-order valence-corrected chi connectivity index (χ4v) is 0.830. The number of unbranched alkanes of at least 4 members (excludes halogenated alkanes) is 1. The number of hydrogen-bond acceptors (Lipinski definition) is 4. The van der Waals surface area contributed by atoms with Gasteiger partial charge in [-0.1, -0.05) is 0 Å². The second-order valence-corrected chi connectivity index (χ2v) is 2.74. The molecule has 0 rings (SSSR count). The van der Waals surface area contributed by atoms with Gasteiger partial charge in [0.25, 0.3) is 0 Å². The highest BCUT2D eigenvalue weighted by atomic mass is 16.5. The maximum Gasteiger partial charge on any atom is 0.0894 e. The Hall–Kier alpha value is -0.160. The van der Waals surface area contributed by atoms with E-state index in [1.54, 1.807) is 7.11 Å². The van der Waals surface area contributed by atoms with E-state index < -0.39 is 6.10 Å². The Labute approximate surface area is 73.5 Å². The summed E-state index contributed by atoms with van der Waals surface area (Å²) in [5, 5.41) is 20.4. The lowest BCUT2D eigenvalue weighted by Crippen LogP contribution is -2.30. The largest absolute Gasteiger partial charge is 0.394 e. The predicted octanol–water partition coefficient (Wildman–Crippen LogP) is -0.644. The van der Waals surface area contributed by atoms with E-state index in [9.17, 15) is 0 Å². The van der Waals surface area contributed by atoms with Crippen molar-refractivity contribution >= 4 is 0 Å². The van der Waals surface area contributed by atoms with Crippen LogP contribution >= 0.6 is 0 Å². The Morgan fingerprint density at radius 1 is 1.42 bits per heavy atom. The number of aliphatic hydroxyl groups is 2. The summed E-state index contributed by atoms with van der Waals surface area (Å²) >= 11 is 0. The zero-order valence-electron chi connectivity index (χ0n) is 7.62. The highest BCUT2D eigenvalue weighted by Crippen LogP contribution is 1.86. The number of hydrogen-bond donors (Lipinski definition) is 3. The normalized spacial score (nSPS) is 13.2. The van der Waals surface area contributed by atoms with Crippen LogP contribution in [-0.2, 0) is 4.74 Å². The van der Waals surface area contributed by atoms with E-state index in [0.29, 0.717) is 6.54 Å². The van der Waals surface area contributed by atoms with Crippen molar-refractivity contribution in [2.45, 2.75) is 18.9 Å². The maximum atomic E-state index is 8.92. The van der Waals surface area contributed by atoms with Crippen LogP contribution in [-0.4, -0.2) is 49.7 Å². The van der Waals surface area contributed by atoms with Crippen molar-refractivity contribution in [2.24, 2.45) is 0 Å². The van der Waals surface area contributed by atoms with E-state index in [4.69, 9.17) is 14.9 Å². The molecule has 0 radical (unpaired) electrons. The SMILES string of the molecule is COCCCCNCC(O)CO. The Morgan fingerprint density at radius 2 is 2.17 bits per heavy atom. The fraction of sp³-hybridized carbons (Fsp3) is 1.00. The summed E-state index contributed by atoms with van der Waals surface area (Å²) in [6.45, 7) is 1.93. The summed E-state index contributed by atoms with van der Waals surface area (Å²) in [7, 11) is 1.68. The van der Waals surface area contributed by atoms with Crippen LogP contribution < -0.4 is 5.32 Å². The molecule has 12 heavy (non-hydrogen) atoms. The summed E-state index contributed by atoms with van der Waals surface area (Å²) in [5.41, 5.74) is 0. The molecule has 0 aliphatic rings. The topological polar surface area (TPSA) is 61.7 Å². The van der Waals surface area contributed by atoms with Gasteiger partial charge in [0.2, 0.25) is 0 Å². The van der Waals surface area contributed by atoms with E-state index in [1.165, 1.54) is 0 Å². The van der Waals surface area contributed by atoms with Crippen molar-refractivity contribution in [2.75, 3.05) is 33.4 Å². The molecule has 0 aliphatic carbocycles. The van der Waals surface area contributed by atoms with Crippen LogP contribution in [0.2, 0.25) is 0 Å². The number of methoxy groups -OCH3 is 1. The minimum absolute atomic E-state index is 0.176. The Morgan fingerprint density at radius 3 is 2.75 bits per heavy atom. The van der Waals surface area contributed by atoms with E-state index in [2.05, 4.69) is 5.32 Å². The molecule has 0 aromatic carbocycles. The highest BCUT2D eigenvalue weighted by Gasteiger charge is 1.98. The third kappa shape index (κ3) is 7.94. The van der Waals surface area contributed by atoms with Crippen LogP contribution in [0.1, 0.15) is 12.8 Å². The zero-order valence-corrected chi connectivity index (χ0v) is 7.62. The lowest BCUT2D eigenvalue weighted by molar-refractivity contribution is 0.0943. The minimum atomic E-state index is -0.632. The first-order chi connectivity index (χ1) is 5.81. The lowest BCUT2D eigenvalue weighted by Gasteiger charge is -2.08. The molecule has 4 nitrogen and oxygen atoms in total. The van der Waals surface area contributed by atoms with Crippen molar-refractivity contribution in [3.8, 4) is 0 Å². The minimum Gasteiger partial charge on any atom is -0.394 e. The van der Waals surface area contributed by atoms with Crippen LogP contribution in [0.4, 0.5) is 0 Å². The second kappa shape index (κ2) is 8.93. The molecule has 0 bridgehead atoms. The van der Waals surface area contributed by atoms with Crippen LogP contribution in [0.25, 0.3) is 0 Å². The molecule has 74 valence electrons. The molecule has 0 saturated carbocycles. The first-order valence-electron chi connectivity index (χ1n) is 4.29. The van der Waals surface area contributed by atoms with Gasteiger partial charge in [0, 0.05) is 20.3 Å². The summed E-state index contributed by atoms with van der Waals surface area (Å²) < 4.78 is 4.87. The van der Waals surface area contributed by atoms with Gasteiger partial charge in [-0.3, -0.25) is 0 Å². The Bertz CT molecular complexity index is 90.4. The van der Waals surface area contributed by atoms with Crippen molar-refractivity contribution in [1.82, 2.24) is 5.32 Å². The van der Waals surface area contributed by atoms with Crippen LogP contribution in [0.15, 0.2) is 0 Å². The third-order valence-corrected chi connectivity index (χ3v) is 1.54. The van der Waals surface area contributed by atoms with Gasteiger partial charge in [0.1, 0.15) is 0 Å². The molecular weight excluding hydrogens is 158 g/mol. The predicted molar refractivity (Wildman–Crippen MR) is 47.1 cm³/mol. The second-order valence-electron chi connectivity index (χ2n) is 2.74. The maximum absolute atomic E-state index is 8.92. The smallest absolute Gasteiger partial charge is 0.0894 e. The Balaban J connectivity index is 2.90. The monoisotopic (exact) mass is 177 g/mol. The van der Waals surface area contributed by atoms with Crippen molar-refractivity contribution < 1.29 is 14.9 Å². The molecule has 0 heterocycles. The Kier molecular flexibility index (Phi) is 8.81. The zero-order chi connectivity index (χ0) is 9.23. The summed E-state index contributed by atoms with van der Waals surface area (Å²) in [5.74, 6) is 0. The molecule has 0 saturated heterocycles. The van der Waals surface area contributed by atoms with Crippen LogP contribution in [0, 0.1) is 0 Å². The quantitative estimate of drug-likeness (QED) is 0.431. The van der Waals surface area contributed by atoms with E-state index in [-0.39, 0.29) is 6.61 Å². The van der Waals surface area contributed by atoms with Gasteiger partial charge >= 0.3 is 0 Å². The summed E-state index contributed by atoms with van der Waals surface area (Å²) in [4.78, 5) is 0. The average molecular weight is 177 g/mol. The lowest BCUT2D eigenvalue weighted by atomic mass is 10.3. The number of rotatable bonds is 8. The van der Waals surface area contributed by atoms with Crippen molar-refractivity contribution in [1.29, 1.82) is 0 Å². The van der Waals surface area contributed by atoms with E-state index >= 15 is 0 Å². The molecular formula is C8H19NO3. The van der Waals surface area contributed by atoms with Crippen LogP contribution in [0.3, 0.4) is 0 Å². The molecule has 0 aliphatic heterocycles. The number of aliphatic hydroxyl groups excluding tert-OH is 2. The average Bonchev–Trinajstić information content (AvgIpc) is 2.10. The van der Waals surface area contributed by atoms with E-state index in [0.717, 1.165) is 26.0 Å². The molecule has 1 unspecified atom stereocenters.